The third-order valence-electron chi connectivity index (χ3n) is 2.52. The monoisotopic (exact) mass is 214 g/mol. The summed E-state index contributed by atoms with van der Waals surface area (Å²) in [6, 6.07) is -0.757. The number of hydrogen-bond acceptors (Lipinski definition) is 2. The minimum Gasteiger partial charge on any atom is -0.351 e. The van der Waals surface area contributed by atoms with Crippen LogP contribution < -0.4 is 11.1 Å². The normalized spacial score (nSPS) is 12.1. The predicted octanol–water partition coefficient (Wildman–Crippen LogP) is 2.18. The number of nitrogens with one attached hydrogen (secondary N) is 1. The first-order valence-electron chi connectivity index (χ1n) is 5.72. The van der Waals surface area contributed by atoms with E-state index in [2.05, 4.69) is 12.2 Å². The molecule has 3 amide bonds. The van der Waals surface area contributed by atoms with E-state index < -0.39 is 6.03 Å². The lowest BCUT2D eigenvalue weighted by Crippen LogP contribution is -2.39. The number of nitrogens with two attached hydrogens (primary N) is 1. The van der Waals surface area contributed by atoms with Gasteiger partial charge >= 0.3 is 6.03 Å². The van der Waals surface area contributed by atoms with Crippen LogP contribution in [-0.2, 0) is 4.79 Å². The van der Waals surface area contributed by atoms with Gasteiger partial charge in [-0.15, -0.1) is 0 Å². The zero-order valence-corrected chi connectivity index (χ0v) is 9.71. The average Bonchev–Trinajstić information content (AvgIpc) is 2.16. The Morgan fingerprint density at radius 1 is 1.20 bits per heavy atom. The number of imide groups is 1. The second-order valence-corrected chi connectivity index (χ2v) is 3.81. The van der Waals surface area contributed by atoms with Gasteiger partial charge in [0.1, 0.15) is 0 Å². The Morgan fingerprint density at radius 2 is 1.87 bits per heavy atom. The molecule has 0 aliphatic carbocycles. The van der Waals surface area contributed by atoms with Crippen LogP contribution in [0.2, 0.25) is 0 Å². The first kappa shape index (κ1) is 13.9. The van der Waals surface area contributed by atoms with Crippen molar-refractivity contribution < 1.29 is 9.59 Å². The van der Waals surface area contributed by atoms with Gasteiger partial charge < -0.3 is 5.73 Å². The molecule has 0 aromatic carbocycles. The predicted molar refractivity (Wildman–Crippen MR) is 60.3 cm³/mol. The number of rotatable bonds is 7. The summed E-state index contributed by atoms with van der Waals surface area (Å²) in [7, 11) is 0. The van der Waals surface area contributed by atoms with E-state index in [1.54, 1.807) is 0 Å². The standard InChI is InChI=1S/C11H22N2O2/c1-3-5-6-7-8-9(4-2)10(14)13-11(12)15/h9H,3-8H2,1-2H3,(H3,12,13,14,15)/t9-/m1/s1. The molecule has 0 rings (SSSR count). The molecular formula is C11H22N2O2. The maximum absolute atomic E-state index is 11.4. The van der Waals surface area contributed by atoms with Crippen LogP contribution in [0.3, 0.4) is 0 Å². The zero-order chi connectivity index (χ0) is 11.7. The van der Waals surface area contributed by atoms with Crippen molar-refractivity contribution in [3.8, 4) is 0 Å². The van der Waals surface area contributed by atoms with Gasteiger partial charge in [-0.3, -0.25) is 10.1 Å². The van der Waals surface area contributed by atoms with E-state index in [4.69, 9.17) is 5.73 Å². The van der Waals surface area contributed by atoms with Crippen LogP contribution in [0.1, 0.15) is 52.4 Å². The van der Waals surface area contributed by atoms with Gasteiger partial charge in [0.25, 0.3) is 0 Å². The molecule has 0 aromatic heterocycles. The molecule has 0 aliphatic rings. The van der Waals surface area contributed by atoms with Crippen LogP contribution >= 0.6 is 0 Å². The lowest BCUT2D eigenvalue weighted by molar-refractivity contribution is -0.124. The molecule has 15 heavy (non-hydrogen) atoms. The molecule has 0 saturated heterocycles. The summed E-state index contributed by atoms with van der Waals surface area (Å²) in [6.07, 6.45) is 6.17. The lowest BCUT2D eigenvalue weighted by Gasteiger charge is -2.12. The summed E-state index contributed by atoms with van der Waals surface area (Å²) in [6.45, 7) is 4.10. The highest BCUT2D eigenvalue weighted by molar-refractivity contribution is 5.94. The van der Waals surface area contributed by atoms with Gasteiger partial charge in [-0.25, -0.2) is 4.79 Å². The quantitative estimate of drug-likeness (QED) is 0.637. The number of carbonyl (C=O) groups is 2. The highest BCUT2D eigenvalue weighted by Crippen LogP contribution is 2.14. The molecule has 1 atom stereocenters. The molecule has 0 aliphatic heterocycles. The highest BCUT2D eigenvalue weighted by Gasteiger charge is 2.16. The van der Waals surface area contributed by atoms with Gasteiger partial charge in [-0.05, 0) is 12.8 Å². The van der Waals surface area contributed by atoms with E-state index in [-0.39, 0.29) is 11.8 Å². The van der Waals surface area contributed by atoms with Gasteiger partial charge in [-0.1, -0.05) is 39.5 Å². The van der Waals surface area contributed by atoms with Gasteiger partial charge in [0.2, 0.25) is 5.91 Å². The Labute approximate surface area is 91.6 Å². The second-order valence-electron chi connectivity index (χ2n) is 3.81. The van der Waals surface area contributed by atoms with Crippen molar-refractivity contribution in [2.24, 2.45) is 11.7 Å². The van der Waals surface area contributed by atoms with Crippen LogP contribution in [0.5, 0.6) is 0 Å². The van der Waals surface area contributed by atoms with Crippen LogP contribution in [-0.4, -0.2) is 11.9 Å². The largest absolute Gasteiger partial charge is 0.351 e. The van der Waals surface area contributed by atoms with Crippen molar-refractivity contribution >= 4 is 11.9 Å². The number of amides is 3. The number of hydrogen-bond donors (Lipinski definition) is 2. The lowest BCUT2D eigenvalue weighted by atomic mass is 9.97. The Bertz CT molecular complexity index is 205. The van der Waals surface area contributed by atoms with Crippen LogP contribution in [0, 0.1) is 5.92 Å². The minimum atomic E-state index is -0.757. The summed E-state index contributed by atoms with van der Waals surface area (Å²) >= 11 is 0. The summed E-state index contributed by atoms with van der Waals surface area (Å²) in [5.41, 5.74) is 4.89. The Balaban J connectivity index is 3.80. The fourth-order valence-corrected chi connectivity index (χ4v) is 1.56. The van der Waals surface area contributed by atoms with E-state index in [0.29, 0.717) is 0 Å². The van der Waals surface area contributed by atoms with Crippen LogP contribution in [0.4, 0.5) is 4.79 Å². The smallest absolute Gasteiger partial charge is 0.318 e. The first-order valence-corrected chi connectivity index (χ1v) is 5.72. The molecule has 0 fully saturated rings. The van der Waals surface area contributed by atoms with Crippen LogP contribution in [0.15, 0.2) is 0 Å². The topological polar surface area (TPSA) is 72.2 Å². The summed E-state index contributed by atoms with van der Waals surface area (Å²) in [4.78, 5) is 21.9. The van der Waals surface area contributed by atoms with E-state index >= 15 is 0 Å². The van der Waals surface area contributed by atoms with E-state index in [9.17, 15) is 9.59 Å². The maximum Gasteiger partial charge on any atom is 0.318 e. The van der Waals surface area contributed by atoms with Crippen molar-refractivity contribution in [1.82, 2.24) is 5.32 Å². The van der Waals surface area contributed by atoms with E-state index in [0.717, 1.165) is 25.7 Å². The third kappa shape index (κ3) is 6.94. The van der Waals surface area contributed by atoms with Gasteiger partial charge in [0, 0.05) is 5.92 Å². The molecule has 0 unspecified atom stereocenters. The Hall–Kier alpha value is -1.06. The van der Waals surface area contributed by atoms with Crippen molar-refractivity contribution in [2.45, 2.75) is 52.4 Å². The van der Waals surface area contributed by atoms with Gasteiger partial charge in [0.15, 0.2) is 0 Å². The van der Waals surface area contributed by atoms with E-state index in [1.807, 2.05) is 6.92 Å². The first-order chi connectivity index (χ1) is 7.11. The Morgan fingerprint density at radius 3 is 2.33 bits per heavy atom. The minimum absolute atomic E-state index is 0.0747. The number of primary amides is 1. The SMILES string of the molecule is CCCCCC[C@@H](CC)C(=O)NC(N)=O. The van der Waals surface area contributed by atoms with Crippen molar-refractivity contribution in [3.63, 3.8) is 0 Å². The number of urea groups is 1. The molecule has 0 bridgehead atoms. The molecule has 0 heterocycles. The maximum atomic E-state index is 11.4. The van der Waals surface area contributed by atoms with Gasteiger partial charge in [-0.2, -0.15) is 0 Å². The average molecular weight is 214 g/mol. The summed E-state index contributed by atoms with van der Waals surface area (Å²) in [5, 5.41) is 2.13. The summed E-state index contributed by atoms with van der Waals surface area (Å²) in [5.74, 6) is -0.309. The highest BCUT2D eigenvalue weighted by atomic mass is 16.2. The Kier molecular flexibility index (Phi) is 7.68. The molecule has 4 heteroatoms. The zero-order valence-electron chi connectivity index (χ0n) is 9.71. The third-order valence-corrected chi connectivity index (χ3v) is 2.52. The van der Waals surface area contributed by atoms with Crippen molar-refractivity contribution in [1.29, 1.82) is 0 Å². The van der Waals surface area contributed by atoms with Gasteiger partial charge in [0.05, 0.1) is 0 Å². The fourth-order valence-electron chi connectivity index (χ4n) is 1.56. The number of unbranched alkanes of at least 4 members (excludes halogenated alkanes) is 3. The molecule has 0 aromatic rings. The molecule has 3 N–H and O–H groups in total. The van der Waals surface area contributed by atoms with E-state index in [1.165, 1.54) is 12.8 Å². The molecule has 4 nitrogen and oxygen atoms in total. The van der Waals surface area contributed by atoms with Crippen molar-refractivity contribution in [2.75, 3.05) is 0 Å². The second kappa shape index (κ2) is 8.26. The number of carbonyl (C=O) groups excluding carboxylic acids is 2. The molecule has 0 spiro atoms. The molecule has 88 valence electrons. The molecular weight excluding hydrogens is 192 g/mol. The molecule has 0 saturated carbocycles. The fraction of sp³-hybridized carbons (Fsp3) is 0.818. The van der Waals surface area contributed by atoms with Crippen molar-refractivity contribution in [3.05, 3.63) is 0 Å². The molecule has 0 radical (unpaired) electrons. The van der Waals surface area contributed by atoms with Crippen LogP contribution in [0.25, 0.3) is 0 Å². The summed E-state index contributed by atoms with van der Waals surface area (Å²) < 4.78 is 0.